The fourth-order valence-corrected chi connectivity index (χ4v) is 3.40. The standard InChI is InChI=1S/C13H23N3S/c1-5-14-9(2)12-10(3)15-13(17-12)16(4)11-7-6-8-11/h9,11,14H,5-8H2,1-4H3. The zero-order valence-electron chi connectivity index (χ0n) is 11.3. The summed E-state index contributed by atoms with van der Waals surface area (Å²) >= 11 is 1.85. The molecule has 0 spiro atoms. The molecule has 1 atom stereocenters. The first-order valence-electron chi connectivity index (χ1n) is 6.57. The van der Waals surface area contributed by atoms with Crippen molar-refractivity contribution >= 4 is 16.5 Å². The van der Waals surface area contributed by atoms with Gasteiger partial charge < -0.3 is 10.2 Å². The summed E-state index contributed by atoms with van der Waals surface area (Å²) in [7, 11) is 2.18. The van der Waals surface area contributed by atoms with Gasteiger partial charge in [0.25, 0.3) is 0 Å². The van der Waals surface area contributed by atoms with E-state index in [0.29, 0.717) is 6.04 Å². The molecule has 1 aromatic rings. The van der Waals surface area contributed by atoms with Crippen molar-refractivity contribution in [1.29, 1.82) is 0 Å². The Balaban J connectivity index is 2.11. The SMILES string of the molecule is CCNC(C)c1sc(N(C)C2CCC2)nc1C. The lowest BCUT2D eigenvalue weighted by Crippen LogP contribution is -2.36. The van der Waals surface area contributed by atoms with Crippen LogP contribution < -0.4 is 10.2 Å². The average molecular weight is 253 g/mol. The lowest BCUT2D eigenvalue weighted by molar-refractivity contribution is 0.401. The molecule has 0 aromatic carbocycles. The second kappa shape index (κ2) is 5.36. The summed E-state index contributed by atoms with van der Waals surface area (Å²) in [5, 5.41) is 4.65. The van der Waals surface area contributed by atoms with E-state index in [4.69, 9.17) is 4.98 Å². The van der Waals surface area contributed by atoms with Gasteiger partial charge in [-0.25, -0.2) is 4.98 Å². The zero-order valence-corrected chi connectivity index (χ0v) is 12.1. The van der Waals surface area contributed by atoms with Gasteiger partial charge in [0.05, 0.1) is 5.69 Å². The number of nitrogens with zero attached hydrogens (tertiary/aromatic N) is 2. The van der Waals surface area contributed by atoms with E-state index in [-0.39, 0.29) is 0 Å². The quantitative estimate of drug-likeness (QED) is 0.874. The number of aryl methyl sites for hydroxylation is 1. The van der Waals surface area contributed by atoms with Crippen LogP contribution >= 0.6 is 11.3 Å². The zero-order chi connectivity index (χ0) is 12.4. The normalized spacial score (nSPS) is 17.9. The summed E-state index contributed by atoms with van der Waals surface area (Å²) in [6.07, 6.45) is 4.03. The Kier molecular flexibility index (Phi) is 4.05. The van der Waals surface area contributed by atoms with E-state index in [1.807, 2.05) is 11.3 Å². The van der Waals surface area contributed by atoms with Crippen LogP contribution in [0.4, 0.5) is 5.13 Å². The van der Waals surface area contributed by atoms with E-state index in [9.17, 15) is 0 Å². The number of anilines is 1. The summed E-state index contributed by atoms with van der Waals surface area (Å²) < 4.78 is 0. The van der Waals surface area contributed by atoms with Gasteiger partial charge in [-0.05, 0) is 39.7 Å². The molecule has 1 aliphatic rings. The minimum Gasteiger partial charge on any atom is -0.348 e. The van der Waals surface area contributed by atoms with E-state index in [2.05, 4.69) is 38.0 Å². The van der Waals surface area contributed by atoms with Gasteiger partial charge in [-0.1, -0.05) is 6.92 Å². The van der Waals surface area contributed by atoms with Crippen LogP contribution in [0, 0.1) is 6.92 Å². The highest BCUT2D eigenvalue weighted by Gasteiger charge is 2.25. The molecule has 0 aliphatic heterocycles. The Morgan fingerprint density at radius 3 is 2.76 bits per heavy atom. The first-order valence-corrected chi connectivity index (χ1v) is 7.38. The Hall–Kier alpha value is -0.610. The molecule has 1 heterocycles. The first kappa shape index (κ1) is 12.8. The van der Waals surface area contributed by atoms with Crippen molar-refractivity contribution in [1.82, 2.24) is 10.3 Å². The monoisotopic (exact) mass is 253 g/mol. The molecule has 0 amide bonds. The van der Waals surface area contributed by atoms with Crippen molar-refractivity contribution in [3.63, 3.8) is 0 Å². The number of hydrogen-bond donors (Lipinski definition) is 1. The van der Waals surface area contributed by atoms with Crippen LogP contribution in [0.1, 0.15) is 49.7 Å². The number of hydrogen-bond acceptors (Lipinski definition) is 4. The van der Waals surface area contributed by atoms with Gasteiger partial charge in [-0.3, -0.25) is 0 Å². The largest absolute Gasteiger partial charge is 0.348 e. The Morgan fingerprint density at radius 1 is 1.53 bits per heavy atom. The fourth-order valence-electron chi connectivity index (χ4n) is 2.28. The van der Waals surface area contributed by atoms with Gasteiger partial charge in [0.2, 0.25) is 0 Å². The third-order valence-electron chi connectivity index (χ3n) is 3.65. The van der Waals surface area contributed by atoms with Crippen LogP contribution in [0.25, 0.3) is 0 Å². The number of nitrogens with one attached hydrogen (secondary N) is 1. The first-order chi connectivity index (χ1) is 8.13. The summed E-state index contributed by atoms with van der Waals surface area (Å²) in [5.41, 5.74) is 1.18. The minimum absolute atomic E-state index is 0.418. The van der Waals surface area contributed by atoms with Gasteiger partial charge >= 0.3 is 0 Å². The van der Waals surface area contributed by atoms with E-state index in [1.165, 1.54) is 35.0 Å². The van der Waals surface area contributed by atoms with Crippen LogP contribution in [0.5, 0.6) is 0 Å². The molecule has 1 fully saturated rings. The van der Waals surface area contributed by atoms with Gasteiger partial charge in [-0.15, -0.1) is 11.3 Å². The van der Waals surface area contributed by atoms with Gasteiger partial charge in [0.15, 0.2) is 5.13 Å². The highest BCUT2D eigenvalue weighted by Crippen LogP contribution is 2.34. The van der Waals surface area contributed by atoms with Crippen molar-refractivity contribution in [2.75, 3.05) is 18.5 Å². The Morgan fingerprint density at radius 2 is 2.24 bits per heavy atom. The predicted molar refractivity (Wildman–Crippen MR) is 75.0 cm³/mol. The average Bonchev–Trinajstić information content (AvgIpc) is 2.58. The molecule has 1 saturated carbocycles. The van der Waals surface area contributed by atoms with Gasteiger partial charge in [-0.2, -0.15) is 0 Å². The highest BCUT2D eigenvalue weighted by molar-refractivity contribution is 7.15. The molecule has 0 radical (unpaired) electrons. The second-order valence-corrected chi connectivity index (χ2v) is 5.93. The Labute approximate surface area is 108 Å². The lowest BCUT2D eigenvalue weighted by Gasteiger charge is -2.34. The molecule has 2 rings (SSSR count). The molecule has 1 aromatic heterocycles. The van der Waals surface area contributed by atoms with Crippen LogP contribution in [-0.4, -0.2) is 24.6 Å². The third kappa shape index (κ3) is 2.63. The number of aromatic nitrogens is 1. The summed E-state index contributed by atoms with van der Waals surface area (Å²) in [4.78, 5) is 8.47. The molecule has 4 heteroatoms. The van der Waals surface area contributed by atoms with Crippen molar-refractivity contribution in [3.8, 4) is 0 Å². The van der Waals surface area contributed by atoms with Gasteiger partial charge in [0, 0.05) is 24.0 Å². The van der Waals surface area contributed by atoms with E-state index in [0.717, 1.165) is 12.6 Å². The number of thiazole rings is 1. The highest BCUT2D eigenvalue weighted by atomic mass is 32.1. The molecular formula is C13H23N3S. The van der Waals surface area contributed by atoms with Crippen LogP contribution in [0.2, 0.25) is 0 Å². The van der Waals surface area contributed by atoms with Crippen molar-refractivity contribution < 1.29 is 0 Å². The minimum atomic E-state index is 0.418. The molecule has 96 valence electrons. The maximum Gasteiger partial charge on any atom is 0.185 e. The second-order valence-electron chi connectivity index (χ2n) is 4.92. The summed E-state index contributed by atoms with van der Waals surface area (Å²) in [6, 6.07) is 1.14. The maximum absolute atomic E-state index is 4.72. The van der Waals surface area contributed by atoms with Crippen molar-refractivity contribution in [3.05, 3.63) is 10.6 Å². The smallest absolute Gasteiger partial charge is 0.185 e. The number of rotatable bonds is 5. The molecule has 17 heavy (non-hydrogen) atoms. The van der Waals surface area contributed by atoms with Crippen LogP contribution in [-0.2, 0) is 0 Å². The fraction of sp³-hybridized carbons (Fsp3) is 0.769. The molecule has 0 bridgehead atoms. The molecule has 3 nitrogen and oxygen atoms in total. The van der Waals surface area contributed by atoms with E-state index >= 15 is 0 Å². The van der Waals surface area contributed by atoms with Crippen molar-refractivity contribution in [2.45, 2.75) is 52.1 Å². The van der Waals surface area contributed by atoms with Gasteiger partial charge in [0.1, 0.15) is 0 Å². The molecule has 0 saturated heterocycles. The maximum atomic E-state index is 4.72. The van der Waals surface area contributed by atoms with Crippen molar-refractivity contribution in [2.24, 2.45) is 0 Å². The van der Waals surface area contributed by atoms with E-state index < -0.39 is 0 Å². The van der Waals surface area contributed by atoms with Crippen LogP contribution in [0.3, 0.4) is 0 Å². The molecular weight excluding hydrogens is 230 g/mol. The lowest BCUT2D eigenvalue weighted by atomic mass is 9.92. The third-order valence-corrected chi connectivity index (χ3v) is 5.08. The topological polar surface area (TPSA) is 28.2 Å². The summed E-state index contributed by atoms with van der Waals surface area (Å²) in [5.74, 6) is 0. The Bertz CT molecular complexity index is 371. The summed E-state index contributed by atoms with van der Waals surface area (Å²) in [6.45, 7) is 7.50. The predicted octanol–water partition coefficient (Wildman–Crippen LogP) is 3.11. The molecule has 1 N–H and O–H groups in total. The van der Waals surface area contributed by atoms with Crippen LogP contribution in [0.15, 0.2) is 0 Å². The van der Waals surface area contributed by atoms with E-state index in [1.54, 1.807) is 0 Å². The molecule has 1 aliphatic carbocycles. The molecule has 1 unspecified atom stereocenters.